The molecule has 108 valence electrons. The summed E-state index contributed by atoms with van der Waals surface area (Å²) in [6, 6.07) is 5.39. The molecule has 0 amide bonds. The maximum Gasteiger partial charge on any atom is 0.166 e. The standard InChI is InChI=1S/C16H14Cl2N2O/c17-11-6-5-10(13(18)8-11)7-16-19-9-12-14(20-16)3-1-2-4-15(12)21/h5-6,8-9H,1-4,7H2. The van der Waals surface area contributed by atoms with Gasteiger partial charge in [-0.25, -0.2) is 9.97 Å². The van der Waals surface area contributed by atoms with E-state index in [2.05, 4.69) is 9.97 Å². The normalized spacial score (nSPS) is 14.7. The number of ketones is 1. The molecule has 1 heterocycles. The topological polar surface area (TPSA) is 42.9 Å². The number of carbonyl (C=O) groups excluding carboxylic acids is 1. The number of benzene rings is 1. The number of nitrogens with zero attached hydrogens (tertiary/aromatic N) is 2. The van der Waals surface area contributed by atoms with Gasteiger partial charge in [-0.2, -0.15) is 0 Å². The van der Waals surface area contributed by atoms with E-state index in [-0.39, 0.29) is 5.78 Å². The summed E-state index contributed by atoms with van der Waals surface area (Å²) in [5.74, 6) is 0.839. The molecule has 0 atom stereocenters. The number of rotatable bonds is 2. The first-order chi connectivity index (χ1) is 10.1. The molecule has 1 aliphatic carbocycles. The highest BCUT2D eigenvalue weighted by Crippen LogP contribution is 2.24. The Morgan fingerprint density at radius 3 is 2.76 bits per heavy atom. The van der Waals surface area contributed by atoms with E-state index in [9.17, 15) is 4.79 Å². The minimum Gasteiger partial charge on any atom is -0.294 e. The lowest BCUT2D eigenvalue weighted by molar-refractivity contribution is 0.0981. The minimum absolute atomic E-state index is 0.151. The number of halogens is 2. The van der Waals surface area contributed by atoms with E-state index in [1.165, 1.54) is 0 Å². The highest BCUT2D eigenvalue weighted by Gasteiger charge is 2.18. The van der Waals surface area contributed by atoms with Gasteiger partial charge in [-0.15, -0.1) is 0 Å². The molecule has 0 bridgehead atoms. The molecule has 0 saturated heterocycles. The van der Waals surface area contributed by atoms with Crippen LogP contribution in [0.15, 0.2) is 24.4 Å². The largest absolute Gasteiger partial charge is 0.294 e. The molecule has 1 aromatic heterocycles. The van der Waals surface area contributed by atoms with E-state index >= 15 is 0 Å². The van der Waals surface area contributed by atoms with Crippen LogP contribution >= 0.6 is 23.2 Å². The highest BCUT2D eigenvalue weighted by atomic mass is 35.5. The lowest BCUT2D eigenvalue weighted by atomic mass is 10.1. The third kappa shape index (κ3) is 3.25. The van der Waals surface area contributed by atoms with Crippen LogP contribution in [0.5, 0.6) is 0 Å². The molecule has 0 unspecified atom stereocenters. The Kier molecular flexibility index (Phi) is 4.22. The lowest BCUT2D eigenvalue weighted by Crippen LogP contribution is -2.07. The van der Waals surface area contributed by atoms with Crippen molar-refractivity contribution in [2.24, 2.45) is 0 Å². The quantitative estimate of drug-likeness (QED) is 0.775. The third-order valence-corrected chi connectivity index (χ3v) is 4.24. The van der Waals surface area contributed by atoms with Gasteiger partial charge in [0.15, 0.2) is 5.78 Å². The van der Waals surface area contributed by atoms with Crippen molar-refractivity contribution in [2.75, 3.05) is 0 Å². The first-order valence-electron chi connectivity index (χ1n) is 6.95. The molecular formula is C16H14Cl2N2O. The number of hydrogen-bond donors (Lipinski definition) is 0. The highest BCUT2D eigenvalue weighted by molar-refractivity contribution is 6.35. The summed E-state index contributed by atoms with van der Waals surface area (Å²) in [5, 5.41) is 1.22. The van der Waals surface area contributed by atoms with Crippen LogP contribution in [0.4, 0.5) is 0 Å². The van der Waals surface area contributed by atoms with Crippen molar-refractivity contribution in [3.05, 3.63) is 57.1 Å². The van der Waals surface area contributed by atoms with Crippen LogP contribution < -0.4 is 0 Å². The van der Waals surface area contributed by atoms with Gasteiger partial charge in [-0.3, -0.25) is 4.79 Å². The molecule has 1 aliphatic rings. The Labute approximate surface area is 133 Å². The predicted octanol–water partition coefficient (Wildman–Crippen LogP) is 4.28. The van der Waals surface area contributed by atoms with Gasteiger partial charge in [0.05, 0.1) is 11.3 Å². The smallest absolute Gasteiger partial charge is 0.166 e. The molecular weight excluding hydrogens is 307 g/mol. The predicted molar refractivity (Wildman–Crippen MR) is 83.2 cm³/mol. The average molecular weight is 321 g/mol. The Hall–Kier alpha value is -1.45. The number of Topliss-reactive ketones (excluding diaryl/α,β-unsaturated/α-hetero) is 1. The maximum atomic E-state index is 12.0. The first-order valence-corrected chi connectivity index (χ1v) is 7.71. The van der Waals surface area contributed by atoms with Crippen molar-refractivity contribution in [3.63, 3.8) is 0 Å². The lowest BCUT2D eigenvalue weighted by Gasteiger charge is -2.07. The fourth-order valence-electron chi connectivity index (χ4n) is 2.52. The average Bonchev–Trinajstić information content (AvgIpc) is 2.64. The van der Waals surface area contributed by atoms with E-state index < -0.39 is 0 Å². The Morgan fingerprint density at radius 1 is 1.14 bits per heavy atom. The van der Waals surface area contributed by atoms with Gasteiger partial charge >= 0.3 is 0 Å². The van der Waals surface area contributed by atoms with Gasteiger partial charge in [-0.1, -0.05) is 29.3 Å². The molecule has 0 N–H and O–H groups in total. The maximum absolute atomic E-state index is 12.0. The fraction of sp³-hybridized carbons (Fsp3) is 0.312. The van der Waals surface area contributed by atoms with Crippen LogP contribution in [-0.4, -0.2) is 15.8 Å². The van der Waals surface area contributed by atoms with Gasteiger partial charge in [0, 0.05) is 29.1 Å². The van der Waals surface area contributed by atoms with E-state index in [0.29, 0.717) is 34.3 Å². The molecule has 3 rings (SSSR count). The van der Waals surface area contributed by atoms with Crippen molar-refractivity contribution in [3.8, 4) is 0 Å². The first kappa shape index (κ1) is 14.5. The summed E-state index contributed by atoms with van der Waals surface area (Å²) in [4.78, 5) is 20.8. The van der Waals surface area contributed by atoms with E-state index in [1.807, 2.05) is 6.07 Å². The minimum atomic E-state index is 0.151. The van der Waals surface area contributed by atoms with E-state index in [4.69, 9.17) is 23.2 Å². The van der Waals surface area contributed by atoms with Gasteiger partial charge in [-0.05, 0) is 37.0 Å². The van der Waals surface area contributed by atoms with E-state index in [1.54, 1.807) is 18.3 Å². The number of fused-ring (bicyclic) bond motifs is 1. The number of aromatic nitrogens is 2. The van der Waals surface area contributed by atoms with Crippen LogP contribution in [0, 0.1) is 0 Å². The summed E-state index contributed by atoms with van der Waals surface area (Å²) >= 11 is 12.1. The zero-order valence-corrected chi connectivity index (χ0v) is 12.9. The summed E-state index contributed by atoms with van der Waals surface area (Å²) in [5.41, 5.74) is 2.48. The van der Waals surface area contributed by atoms with Gasteiger partial charge < -0.3 is 0 Å². The van der Waals surface area contributed by atoms with Gasteiger partial charge in [0.25, 0.3) is 0 Å². The second-order valence-electron chi connectivity index (χ2n) is 5.19. The molecule has 0 radical (unpaired) electrons. The molecule has 0 fully saturated rings. The van der Waals surface area contributed by atoms with Crippen molar-refractivity contribution >= 4 is 29.0 Å². The zero-order valence-electron chi connectivity index (χ0n) is 11.4. The number of carbonyl (C=O) groups is 1. The number of aryl methyl sites for hydroxylation is 1. The summed E-state index contributed by atoms with van der Waals surface area (Å²) in [6.07, 6.45) is 5.56. The summed E-state index contributed by atoms with van der Waals surface area (Å²) in [6.45, 7) is 0. The second kappa shape index (κ2) is 6.12. The zero-order chi connectivity index (χ0) is 14.8. The summed E-state index contributed by atoms with van der Waals surface area (Å²) < 4.78 is 0. The van der Waals surface area contributed by atoms with Crippen molar-refractivity contribution in [1.82, 2.24) is 9.97 Å². The van der Waals surface area contributed by atoms with Crippen molar-refractivity contribution < 1.29 is 4.79 Å². The Bertz CT molecular complexity index is 701. The molecule has 0 saturated carbocycles. The molecule has 0 aliphatic heterocycles. The van der Waals surface area contributed by atoms with Crippen molar-refractivity contribution in [1.29, 1.82) is 0 Å². The fourth-order valence-corrected chi connectivity index (χ4v) is 2.99. The Balaban J connectivity index is 1.90. The summed E-state index contributed by atoms with van der Waals surface area (Å²) in [7, 11) is 0. The second-order valence-corrected chi connectivity index (χ2v) is 6.03. The van der Waals surface area contributed by atoms with Crippen LogP contribution in [-0.2, 0) is 12.8 Å². The van der Waals surface area contributed by atoms with Crippen LogP contribution in [0.3, 0.4) is 0 Å². The van der Waals surface area contributed by atoms with Crippen LogP contribution in [0.25, 0.3) is 0 Å². The van der Waals surface area contributed by atoms with Crippen LogP contribution in [0.1, 0.15) is 46.7 Å². The SMILES string of the molecule is O=C1CCCCc2nc(Cc3ccc(Cl)cc3Cl)ncc21. The molecule has 2 aromatic rings. The number of hydrogen-bond acceptors (Lipinski definition) is 3. The van der Waals surface area contributed by atoms with Gasteiger partial charge in [0.2, 0.25) is 0 Å². The molecule has 5 heteroatoms. The molecule has 3 nitrogen and oxygen atoms in total. The van der Waals surface area contributed by atoms with E-state index in [0.717, 1.165) is 30.5 Å². The molecule has 0 spiro atoms. The van der Waals surface area contributed by atoms with Gasteiger partial charge in [0.1, 0.15) is 5.82 Å². The van der Waals surface area contributed by atoms with Crippen molar-refractivity contribution in [2.45, 2.75) is 32.1 Å². The Morgan fingerprint density at radius 2 is 1.95 bits per heavy atom. The molecule has 1 aromatic carbocycles. The van der Waals surface area contributed by atoms with Crippen LogP contribution in [0.2, 0.25) is 10.0 Å². The molecule has 21 heavy (non-hydrogen) atoms. The third-order valence-electron chi connectivity index (χ3n) is 3.65. The monoisotopic (exact) mass is 320 g/mol.